The number of likely N-dealkylation sites (tertiary alicyclic amines) is 1. The van der Waals surface area contributed by atoms with E-state index in [1.165, 1.54) is 7.11 Å². The van der Waals surface area contributed by atoms with Gasteiger partial charge in [0.15, 0.2) is 0 Å². The second-order valence-electron chi connectivity index (χ2n) is 6.55. The van der Waals surface area contributed by atoms with E-state index < -0.39 is 12.1 Å². The number of nitrogens with one attached hydrogen (secondary N) is 1. The molecule has 0 aromatic carbocycles. The van der Waals surface area contributed by atoms with Crippen LogP contribution in [0.25, 0.3) is 0 Å². The summed E-state index contributed by atoms with van der Waals surface area (Å²) in [4.78, 5) is 26.6. The van der Waals surface area contributed by atoms with Gasteiger partial charge in [-0.05, 0) is 37.5 Å². The molecule has 0 radical (unpaired) electrons. The van der Waals surface area contributed by atoms with E-state index >= 15 is 0 Å². The van der Waals surface area contributed by atoms with Crippen LogP contribution in [-0.4, -0.2) is 55.9 Å². The van der Waals surface area contributed by atoms with Crippen LogP contribution < -0.4 is 5.32 Å². The SMILES string of the molecule is COC(=O)NC(C(=O)N1CCC[C@H]1C(C)C)C1CCOCC1. The molecular formula is C16H28N2O4. The largest absolute Gasteiger partial charge is 0.453 e. The van der Waals surface area contributed by atoms with Gasteiger partial charge in [0, 0.05) is 25.8 Å². The molecule has 22 heavy (non-hydrogen) atoms. The topological polar surface area (TPSA) is 67.9 Å². The van der Waals surface area contributed by atoms with Gasteiger partial charge in [0.25, 0.3) is 0 Å². The highest BCUT2D eigenvalue weighted by Crippen LogP contribution is 2.27. The van der Waals surface area contributed by atoms with Gasteiger partial charge in [0.05, 0.1) is 7.11 Å². The summed E-state index contributed by atoms with van der Waals surface area (Å²) in [5, 5.41) is 2.76. The van der Waals surface area contributed by atoms with Gasteiger partial charge in [-0.1, -0.05) is 13.8 Å². The van der Waals surface area contributed by atoms with E-state index in [9.17, 15) is 9.59 Å². The maximum Gasteiger partial charge on any atom is 0.407 e. The van der Waals surface area contributed by atoms with Crippen LogP contribution in [-0.2, 0) is 14.3 Å². The Morgan fingerprint density at radius 1 is 1.23 bits per heavy atom. The monoisotopic (exact) mass is 312 g/mol. The van der Waals surface area contributed by atoms with Crippen LogP contribution in [0.2, 0.25) is 0 Å². The molecule has 0 aromatic heterocycles. The average molecular weight is 312 g/mol. The van der Waals surface area contributed by atoms with E-state index in [0.717, 1.165) is 32.2 Å². The molecule has 2 aliphatic heterocycles. The summed E-state index contributed by atoms with van der Waals surface area (Å²) in [6.07, 6.45) is 3.13. The molecule has 6 heteroatoms. The molecule has 0 aromatic rings. The first-order valence-electron chi connectivity index (χ1n) is 8.27. The molecule has 2 rings (SSSR count). The number of carbonyl (C=O) groups is 2. The van der Waals surface area contributed by atoms with Crippen molar-refractivity contribution in [2.45, 2.75) is 51.6 Å². The Morgan fingerprint density at radius 3 is 2.50 bits per heavy atom. The van der Waals surface area contributed by atoms with E-state index in [4.69, 9.17) is 9.47 Å². The molecule has 2 aliphatic rings. The normalized spacial score (nSPS) is 24.4. The summed E-state index contributed by atoms with van der Waals surface area (Å²) in [6.45, 7) is 6.36. The summed E-state index contributed by atoms with van der Waals surface area (Å²) in [7, 11) is 1.33. The van der Waals surface area contributed by atoms with Gasteiger partial charge in [-0.3, -0.25) is 4.79 Å². The average Bonchev–Trinajstić information content (AvgIpc) is 3.02. The van der Waals surface area contributed by atoms with Gasteiger partial charge in [-0.25, -0.2) is 4.79 Å². The molecular weight excluding hydrogens is 284 g/mol. The van der Waals surface area contributed by atoms with Crippen molar-refractivity contribution >= 4 is 12.0 Å². The molecule has 0 aliphatic carbocycles. The van der Waals surface area contributed by atoms with E-state index in [1.54, 1.807) is 0 Å². The molecule has 2 fully saturated rings. The zero-order chi connectivity index (χ0) is 16.1. The lowest BCUT2D eigenvalue weighted by Crippen LogP contribution is -2.55. The van der Waals surface area contributed by atoms with Crippen LogP contribution >= 0.6 is 0 Å². The Kier molecular flexibility index (Phi) is 6.06. The number of ether oxygens (including phenoxy) is 2. The van der Waals surface area contributed by atoms with Crippen molar-refractivity contribution in [2.75, 3.05) is 26.9 Å². The molecule has 1 unspecified atom stereocenters. The molecule has 2 amide bonds. The van der Waals surface area contributed by atoms with Crippen molar-refractivity contribution in [3.05, 3.63) is 0 Å². The standard InChI is InChI=1S/C16H28N2O4/c1-11(2)13-5-4-8-18(13)15(19)14(17-16(20)21-3)12-6-9-22-10-7-12/h11-14H,4-10H2,1-3H3,(H,17,20)/t13-,14?/m0/s1. The third-order valence-corrected chi connectivity index (χ3v) is 4.81. The number of hydrogen-bond donors (Lipinski definition) is 1. The smallest absolute Gasteiger partial charge is 0.407 e. The highest BCUT2D eigenvalue weighted by Gasteiger charge is 2.39. The second kappa shape index (κ2) is 7.81. The third-order valence-electron chi connectivity index (χ3n) is 4.81. The second-order valence-corrected chi connectivity index (χ2v) is 6.55. The summed E-state index contributed by atoms with van der Waals surface area (Å²) < 4.78 is 10.1. The summed E-state index contributed by atoms with van der Waals surface area (Å²) in [6, 6.07) is -0.231. The van der Waals surface area contributed by atoms with Gasteiger partial charge in [-0.15, -0.1) is 0 Å². The van der Waals surface area contributed by atoms with Gasteiger partial charge in [0.1, 0.15) is 6.04 Å². The zero-order valence-electron chi connectivity index (χ0n) is 13.8. The van der Waals surface area contributed by atoms with Crippen molar-refractivity contribution < 1.29 is 19.1 Å². The van der Waals surface area contributed by atoms with E-state index in [-0.39, 0.29) is 17.9 Å². The van der Waals surface area contributed by atoms with Crippen LogP contribution in [0.4, 0.5) is 4.79 Å². The first-order chi connectivity index (χ1) is 10.5. The number of methoxy groups -OCH3 is 1. The Balaban J connectivity index is 2.12. The minimum absolute atomic E-state index is 0.0356. The molecule has 2 heterocycles. The lowest BCUT2D eigenvalue weighted by atomic mass is 9.90. The van der Waals surface area contributed by atoms with Crippen molar-refractivity contribution in [3.8, 4) is 0 Å². The number of rotatable bonds is 4. The van der Waals surface area contributed by atoms with Crippen molar-refractivity contribution in [3.63, 3.8) is 0 Å². The number of nitrogens with zero attached hydrogens (tertiary/aromatic N) is 1. The van der Waals surface area contributed by atoms with Crippen LogP contribution in [0.15, 0.2) is 0 Å². The first kappa shape index (κ1) is 17.1. The maximum absolute atomic E-state index is 13.0. The van der Waals surface area contributed by atoms with Crippen LogP contribution in [0.3, 0.4) is 0 Å². The Bertz CT molecular complexity index is 394. The van der Waals surface area contributed by atoms with Gasteiger partial charge in [0.2, 0.25) is 5.91 Å². The molecule has 2 atom stereocenters. The molecule has 126 valence electrons. The van der Waals surface area contributed by atoms with Crippen molar-refractivity contribution in [2.24, 2.45) is 11.8 Å². The minimum atomic E-state index is -0.537. The first-order valence-corrected chi connectivity index (χ1v) is 8.27. The number of alkyl carbamates (subject to hydrolysis) is 1. The quantitative estimate of drug-likeness (QED) is 0.859. The van der Waals surface area contributed by atoms with Crippen molar-refractivity contribution in [1.82, 2.24) is 10.2 Å². The van der Waals surface area contributed by atoms with Gasteiger partial charge >= 0.3 is 6.09 Å². The molecule has 2 saturated heterocycles. The maximum atomic E-state index is 13.0. The highest BCUT2D eigenvalue weighted by molar-refractivity contribution is 5.86. The van der Waals surface area contributed by atoms with Crippen molar-refractivity contribution in [1.29, 1.82) is 0 Å². The number of carbonyl (C=O) groups excluding carboxylic acids is 2. The molecule has 0 bridgehead atoms. The third kappa shape index (κ3) is 3.91. The lowest BCUT2D eigenvalue weighted by molar-refractivity contribution is -0.137. The van der Waals surface area contributed by atoms with Crippen LogP contribution in [0, 0.1) is 11.8 Å². The van der Waals surface area contributed by atoms with E-state index in [2.05, 4.69) is 19.2 Å². The zero-order valence-corrected chi connectivity index (χ0v) is 13.8. The Hall–Kier alpha value is -1.30. The molecule has 6 nitrogen and oxygen atoms in total. The molecule has 1 N–H and O–H groups in total. The minimum Gasteiger partial charge on any atom is -0.453 e. The van der Waals surface area contributed by atoms with Gasteiger partial charge in [-0.2, -0.15) is 0 Å². The molecule has 0 spiro atoms. The summed E-state index contributed by atoms with van der Waals surface area (Å²) >= 11 is 0. The summed E-state index contributed by atoms with van der Waals surface area (Å²) in [5.74, 6) is 0.585. The fraction of sp³-hybridized carbons (Fsp3) is 0.875. The Labute approximate surface area is 132 Å². The van der Waals surface area contributed by atoms with Crippen LogP contribution in [0.5, 0.6) is 0 Å². The lowest BCUT2D eigenvalue weighted by Gasteiger charge is -2.35. The number of hydrogen-bond acceptors (Lipinski definition) is 4. The fourth-order valence-electron chi connectivity index (χ4n) is 3.55. The van der Waals surface area contributed by atoms with Crippen LogP contribution in [0.1, 0.15) is 39.5 Å². The molecule has 0 saturated carbocycles. The Morgan fingerprint density at radius 2 is 1.91 bits per heavy atom. The predicted molar refractivity (Wildman–Crippen MR) is 82.4 cm³/mol. The fourth-order valence-corrected chi connectivity index (χ4v) is 3.55. The number of amides is 2. The highest BCUT2D eigenvalue weighted by atomic mass is 16.5. The van der Waals surface area contributed by atoms with E-state index in [1.807, 2.05) is 4.90 Å². The van der Waals surface area contributed by atoms with E-state index in [0.29, 0.717) is 19.1 Å². The summed E-state index contributed by atoms with van der Waals surface area (Å²) in [5.41, 5.74) is 0. The predicted octanol–water partition coefficient (Wildman–Crippen LogP) is 1.78. The van der Waals surface area contributed by atoms with Gasteiger partial charge < -0.3 is 19.7 Å².